The van der Waals surface area contributed by atoms with Crippen LogP contribution < -0.4 is 9.47 Å². The van der Waals surface area contributed by atoms with Crippen LogP contribution in [0.15, 0.2) is 48.5 Å². The van der Waals surface area contributed by atoms with Gasteiger partial charge >= 0.3 is 0 Å². The van der Waals surface area contributed by atoms with E-state index in [0.717, 1.165) is 26.1 Å². The molecule has 0 spiro atoms. The van der Waals surface area contributed by atoms with E-state index in [9.17, 15) is 9.59 Å². The summed E-state index contributed by atoms with van der Waals surface area (Å²) < 4.78 is 79.0. The van der Waals surface area contributed by atoms with Gasteiger partial charge in [-0.15, -0.1) is 0 Å². The second kappa shape index (κ2) is 65.8. The van der Waals surface area contributed by atoms with Crippen LogP contribution in [0.2, 0.25) is 0 Å². The van der Waals surface area contributed by atoms with Gasteiger partial charge in [-0.1, -0.05) is 205 Å². The van der Waals surface area contributed by atoms with Gasteiger partial charge in [0.15, 0.2) is 11.6 Å². The number of carbonyl (C=O) groups excluding carboxylic acids is 2. The summed E-state index contributed by atoms with van der Waals surface area (Å²) in [6.07, 6.45) is 37.9. The topological polar surface area (TPSA) is 163 Å². The number of hydrogen-bond acceptors (Lipinski definition) is 16. The Morgan fingerprint density at radius 2 is 0.437 bits per heavy atom. The molecule has 0 radical (unpaired) electrons. The normalized spacial score (nSPS) is 11.5. The van der Waals surface area contributed by atoms with Gasteiger partial charge in [-0.25, -0.2) is 0 Å². The lowest BCUT2D eigenvalue weighted by Gasteiger charge is -2.10. The molecule has 0 atom stereocenters. The maximum absolute atomic E-state index is 13.1. The summed E-state index contributed by atoms with van der Waals surface area (Å²) in [6.45, 7) is 17.6. The lowest BCUT2D eigenvalue weighted by atomic mass is 10.0. The van der Waals surface area contributed by atoms with E-state index in [1.54, 1.807) is 48.5 Å². The molecule has 2 aromatic rings. The summed E-state index contributed by atoms with van der Waals surface area (Å²) >= 11 is 0. The fourth-order valence-corrected chi connectivity index (χ4v) is 9.51. The van der Waals surface area contributed by atoms with E-state index in [1.807, 2.05) is 0 Å². The largest absolute Gasteiger partial charge is 0.491 e. The van der Waals surface area contributed by atoms with E-state index >= 15 is 0 Å². The average molecular weight is 1230 g/mol. The van der Waals surface area contributed by atoms with Crippen molar-refractivity contribution in [2.75, 3.05) is 172 Å². The first kappa shape index (κ1) is 80.0. The molecule has 0 bridgehead atoms. The third-order valence-electron chi connectivity index (χ3n) is 14.6. The quantitative estimate of drug-likeness (QED) is 0.0349. The smallest absolute Gasteiger partial charge is 0.170 e. The minimum atomic E-state index is -0.303. The predicted octanol–water partition coefficient (Wildman–Crippen LogP) is 15.1. The molecule has 16 nitrogen and oxygen atoms in total. The second-order valence-electron chi connectivity index (χ2n) is 22.3. The van der Waals surface area contributed by atoms with Gasteiger partial charge in [-0.3, -0.25) is 9.59 Å². The van der Waals surface area contributed by atoms with Crippen LogP contribution in [0.25, 0.3) is 0 Å². The maximum Gasteiger partial charge on any atom is 0.170 e. The number of benzene rings is 2. The van der Waals surface area contributed by atoms with Crippen molar-refractivity contribution < 1.29 is 75.9 Å². The summed E-state index contributed by atoms with van der Waals surface area (Å²) in [6, 6.07) is 13.6. The lowest BCUT2D eigenvalue weighted by Crippen LogP contribution is -2.15. The monoisotopic (exact) mass is 1230 g/mol. The first-order valence-electron chi connectivity index (χ1n) is 34.6. The van der Waals surface area contributed by atoms with Crippen molar-refractivity contribution in [1.82, 2.24) is 0 Å². The number of rotatable bonds is 72. The van der Waals surface area contributed by atoms with Crippen LogP contribution in [0.3, 0.4) is 0 Å². The molecule has 0 N–H and O–H groups in total. The molecule has 0 amide bonds. The predicted molar refractivity (Wildman–Crippen MR) is 348 cm³/mol. The van der Waals surface area contributed by atoms with E-state index in [0.29, 0.717) is 181 Å². The lowest BCUT2D eigenvalue weighted by molar-refractivity contribution is -0.0179. The molecule has 2 aromatic carbocycles. The Balaban J connectivity index is 1.30. The van der Waals surface area contributed by atoms with Crippen molar-refractivity contribution in [2.45, 2.75) is 200 Å². The molecule has 0 aliphatic rings. The van der Waals surface area contributed by atoms with Crippen LogP contribution in [0.1, 0.15) is 221 Å². The van der Waals surface area contributed by atoms with Crippen molar-refractivity contribution in [3.05, 3.63) is 59.7 Å². The van der Waals surface area contributed by atoms with E-state index in [2.05, 4.69) is 13.8 Å². The number of Topliss-reactive ketones (excluding diaryl/α,β-unsaturated/α-hetero) is 2. The highest BCUT2D eigenvalue weighted by Crippen LogP contribution is 2.20. The third kappa shape index (κ3) is 55.5. The number of carbonyl (C=O) groups is 2. The van der Waals surface area contributed by atoms with E-state index in [4.69, 9.17) is 66.3 Å². The highest BCUT2D eigenvalue weighted by atomic mass is 16.6. The zero-order valence-electron chi connectivity index (χ0n) is 55.0. The number of ketones is 2. The standard InChI is InChI=1S/C71H124O16/c1-3-5-7-9-11-13-15-17-19-21-23-25-27-29-37-74-39-41-76-43-45-78-47-49-80-51-53-82-55-57-84-59-61-86-68-35-31-33-66(63-68)70(72)65-71(73)67-34-32-36-69(64-67)87-62-60-85-58-56-83-54-52-81-50-48-79-46-44-77-42-40-75-38-30-28-26-24-22-20-18-16-14-12-10-8-6-4-2/h31-36,63-64H,3-30,37-62,65H2,1-2H3. The molecule has 0 fully saturated rings. The van der Waals surface area contributed by atoms with Crippen LogP contribution >= 0.6 is 0 Å². The Bertz CT molecular complexity index is 1630. The summed E-state index contributed by atoms with van der Waals surface area (Å²) in [5.74, 6) is 0.434. The second-order valence-corrected chi connectivity index (χ2v) is 22.3. The first-order chi connectivity index (χ1) is 43.1. The zero-order valence-corrected chi connectivity index (χ0v) is 55.0. The van der Waals surface area contributed by atoms with E-state index in [1.165, 1.54) is 167 Å². The minimum absolute atomic E-state index is 0.284. The SMILES string of the molecule is CCCCCCCCCCCCCCCCOCCOCCOCCOCCOCCOCCOc1cccc(C(=O)CC(=O)c2cccc(OCCOCCOCCOCCOCCOCCOCCCCCCCCCCCCCCCC)c2)c1. The van der Waals surface area contributed by atoms with Crippen molar-refractivity contribution in [3.63, 3.8) is 0 Å². The van der Waals surface area contributed by atoms with Gasteiger partial charge in [-0.2, -0.15) is 0 Å². The molecule has 504 valence electrons. The van der Waals surface area contributed by atoms with E-state index < -0.39 is 0 Å². The van der Waals surface area contributed by atoms with Gasteiger partial charge < -0.3 is 66.3 Å². The molecule has 0 aromatic heterocycles. The van der Waals surface area contributed by atoms with Crippen LogP contribution in [-0.2, 0) is 56.8 Å². The van der Waals surface area contributed by atoms with Crippen LogP contribution in [0.4, 0.5) is 0 Å². The summed E-state index contributed by atoms with van der Waals surface area (Å²) in [5, 5.41) is 0. The fraction of sp³-hybridized carbons (Fsp3) is 0.803. The fourth-order valence-electron chi connectivity index (χ4n) is 9.51. The molecule has 0 aliphatic carbocycles. The van der Waals surface area contributed by atoms with E-state index in [-0.39, 0.29) is 18.0 Å². The summed E-state index contributed by atoms with van der Waals surface area (Å²) in [5.41, 5.74) is 0.786. The van der Waals surface area contributed by atoms with Crippen molar-refractivity contribution in [3.8, 4) is 11.5 Å². The Morgan fingerprint density at radius 3 is 0.667 bits per heavy atom. The maximum atomic E-state index is 13.1. The van der Waals surface area contributed by atoms with Gasteiger partial charge in [0.1, 0.15) is 24.7 Å². The van der Waals surface area contributed by atoms with Gasteiger partial charge in [0.05, 0.1) is 152 Å². The number of hydrogen-bond donors (Lipinski definition) is 0. The molecule has 0 saturated carbocycles. The Labute approximate surface area is 528 Å². The Hall–Kier alpha value is -3.10. The van der Waals surface area contributed by atoms with Gasteiger partial charge in [0, 0.05) is 24.3 Å². The minimum Gasteiger partial charge on any atom is -0.491 e. The molecule has 0 aliphatic heterocycles. The molecule has 16 heteroatoms. The first-order valence-corrected chi connectivity index (χ1v) is 34.6. The molecular weight excluding hydrogens is 1110 g/mol. The zero-order chi connectivity index (χ0) is 61.9. The van der Waals surface area contributed by atoms with Gasteiger partial charge in [0.2, 0.25) is 0 Å². The molecule has 87 heavy (non-hydrogen) atoms. The van der Waals surface area contributed by atoms with Crippen molar-refractivity contribution in [1.29, 1.82) is 0 Å². The van der Waals surface area contributed by atoms with Crippen LogP contribution in [-0.4, -0.2) is 183 Å². The molecule has 0 heterocycles. The highest BCUT2D eigenvalue weighted by molar-refractivity contribution is 6.13. The van der Waals surface area contributed by atoms with Gasteiger partial charge in [0.25, 0.3) is 0 Å². The molecule has 0 unspecified atom stereocenters. The third-order valence-corrected chi connectivity index (χ3v) is 14.6. The number of unbranched alkanes of at least 4 members (excludes halogenated alkanes) is 26. The number of ether oxygens (including phenoxy) is 14. The summed E-state index contributed by atoms with van der Waals surface area (Å²) in [7, 11) is 0. The van der Waals surface area contributed by atoms with Crippen LogP contribution in [0.5, 0.6) is 11.5 Å². The summed E-state index contributed by atoms with van der Waals surface area (Å²) in [4.78, 5) is 26.2. The Kier molecular flexibility index (Phi) is 60.5. The van der Waals surface area contributed by atoms with Crippen molar-refractivity contribution in [2.24, 2.45) is 0 Å². The highest BCUT2D eigenvalue weighted by Gasteiger charge is 2.15. The molecule has 2 rings (SSSR count). The van der Waals surface area contributed by atoms with Gasteiger partial charge in [-0.05, 0) is 37.1 Å². The molecular formula is C71H124O16. The molecule has 0 saturated heterocycles. The average Bonchev–Trinajstić information content (AvgIpc) is 3.57. The Morgan fingerprint density at radius 1 is 0.241 bits per heavy atom. The van der Waals surface area contributed by atoms with Crippen LogP contribution in [0, 0.1) is 0 Å². The van der Waals surface area contributed by atoms with Crippen molar-refractivity contribution >= 4 is 11.6 Å².